The lowest BCUT2D eigenvalue weighted by Crippen LogP contribution is -2.27. The number of esters is 1. The second-order valence-electron chi connectivity index (χ2n) is 2.83. The van der Waals surface area contributed by atoms with Gasteiger partial charge in [-0.1, -0.05) is 6.08 Å². The molecule has 1 aliphatic rings. The Labute approximate surface area is 72.4 Å². The average molecular weight is 170 g/mol. The Bertz CT molecular complexity index is 165. The van der Waals surface area contributed by atoms with E-state index in [0.29, 0.717) is 19.6 Å². The first-order valence-electron chi connectivity index (χ1n) is 4.21. The molecule has 0 aromatic heterocycles. The summed E-state index contributed by atoms with van der Waals surface area (Å²) in [6, 6.07) is 0. The van der Waals surface area contributed by atoms with Gasteiger partial charge in [-0.15, -0.1) is 6.58 Å². The van der Waals surface area contributed by atoms with Crippen molar-refractivity contribution in [1.29, 1.82) is 0 Å². The molecule has 0 radical (unpaired) electrons. The molecule has 0 saturated carbocycles. The van der Waals surface area contributed by atoms with Gasteiger partial charge in [-0.3, -0.25) is 4.79 Å². The van der Waals surface area contributed by atoms with E-state index in [4.69, 9.17) is 9.47 Å². The van der Waals surface area contributed by atoms with Gasteiger partial charge >= 0.3 is 5.97 Å². The smallest absolute Gasteiger partial charge is 0.306 e. The fourth-order valence-corrected chi connectivity index (χ4v) is 1.18. The summed E-state index contributed by atoms with van der Waals surface area (Å²) in [5.41, 5.74) is 0. The summed E-state index contributed by atoms with van der Waals surface area (Å²) < 4.78 is 10.2. The molecule has 0 bridgehead atoms. The standard InChI is InChI=1S/C9H14O3/c1-2-6-11-7-8-4-3-5-9(10)12-8/h2,8H,1,3-7H2/t8-/m1/s1. The summed E-state index contributed by atoms with van der Waals surface area (Å²) >= 11 is 0. The predicted molar refractivity (Wildman–Crippen MR) is 44.7 cm³/mol. The summed E-state index contributed by atoms with van der Waals surface area (Å²) in [6.45, 7) is 4.55. The van der Waals surface area contributed by atoms with E-state index in [2.05, 4.69) is 6.58 Å². The molecule has 0 aromatic carbocycles. The molecular formula is C9H14O3. The molecule has 1 heterocycles. The zero-order valence-electron chi connectivity index (χ0n) is 7.12. The zero-order chi connectivity index (χ0) is 8.81. The van der Waals surface area contributed by atoms with Gasteiger partial charge in [0.15, 0.2) is 0 Å². The minimum Gasteiger partial charge on any atom is -0.460 e. The highest BCUT2D eigenvalue weighted by Gasteiger charge is 2.19. The van der Waals surface area contributed by atoms with Gasteiger partial charge in [-0.2, -0.15) is 0 Å². The molecule has 0 aliphatic carbocycles. The summed E-state index contributed by atoms with van der Waals surface area (Å²) in [7, 11) is 0. The summed E-state index contributed by atoms with van der Waals surface area (Å²) in [4.78, 5) is 10.8. The van der Waals surface area contributed by atoms with Crippen molar-refractivity contribution < 1.29 is 14.3 Å². The van der Waals surface area contributed by atoms with Crippen LogP contribution < -0.4 is 0 Å². The molecule has 1 fully saturated rings. The molecule has 0 spiro atoms. The van der Waals surface area contributed by atoms with E-state index in [-0.39, 0.29) is 12.1 Å². The van der Waals surface area contributed by atoms with E-state index in [1.165, 1.54) is 0 Å². The summed E-state index contributed by atoms with van der Waals surface area (Å²) in [5, 5.41) is 0. The Morgan fingerprint density at radius 1 is 1.75 bits per heavy atom. The predicted octanol–water partition coefficient (Wildman–Crippen LogP) is 1.28. The molecule has 1 atom stereocenters. The first-order chi connectivity index (χ1) is 5.83. The third-order valence-electron chi connectivity index (χ3n) is 1.74. The van der Waals surface area contributed by atoms with E-state index >= 15 is 0 Å². The normalized spacial score (nSPS) is 23.3. The Balaban J connectivity index is 2.14. The van der Waals surface area contributed by atoms with Crippen LogP contribution in [0.25, 0.3) is 0 Å². The molecule has 1 saturated heterocycles. The Kier molecular flexibility index (Phi) is 3.80. The number of ether oxygens (including phenoxy) is 2. The highest BCUT2D eigenvalue weighted by Crippen LogP contribution is 2.13. The average Bonchev–Trinajstić information content (AvgIpc) is 2.05. The number of rotatable bonds is 4. The van der Waals surface area contributed by atoms with Gasteiger partial charge < -0.3 is 9.47 Å². The van der Waals surface area contributed by atoms with Crippen LogP contribution in [0.3, 0.4) is 0 Å². The van der Waals surface area contributed by atoms with Crippen LogP contribution in [0.4, 0.5) is 0 Å². The van der Waals surface area contributed by atoms with Gasteiger partial charge in [-0.05, 0) is 12.8 Å². The largest absolute Gasteiger partial charge is 0.460 e. The van der Waals surface area contributed by atoms with Crippen molar-refractivity contribution in [2.75, 3.05) is 13.2 Å². The Morgan fingerprint density at radius 2 is 2.58 bits per heavy atom. The van der Waals surface area contributed by atoms with Crippen molar-refractivity contribution in [2.45, 2.75) is 25.4 Å². The third-order valence-corrected chi connectivity index (χ3v) is 1.74. The molecule has 68 valence electrons. The number of cyclic esters (lactones) is 1. The van der Waals surface area contributed by atoms with Gasteiger partial charge in [-0.25, -0.2) is 0 Å². The van der Waals surface area contributed by atoms with Crippen molar-refractivity contribution in [2.24, 2.45) is 0 Å². The van der Waals surface area contributed by atoms with Crippen LogP contribution in [0.5, 0.6) is 0 Å². The first-order valence-corrected chi connectivity index (χ1v) is 4.21. The fraction of sp³-hybridized carbons (Fsp3) is 0.667. The van der Waals surface area contributed by atoms with Gasteiger partial charge in [0, 0.05) is 6.42 Å². The quantitative estimate of drug-likeness (QED) is 0.362. The SMILES string of the molecule is C=CCOC[C@H]1CCCC(=O)O1. The van der Waals surface area contributed by atoms with Crippen molar-refractivity contribution in [1.82, 2.24) is 0 Å². The van der Waals surface area contributed by atoms with Gasteiger partial charge in [0.25, 0.3) is 0 Å². The summed E-state index contributed by atoms with van der Waals surface area (Å²) in [5.74, 6) is -0.103. The van der Waals surface area contributed by atoms with Crippen molar-refractivity contribution in [3.63, 3.8) is 0 Å². The number of carbonyl (C=O) groups is 1. The topological polar surface area (TPSA) is 35.5 Å². The molecule has 0 unspecified atom stereocenters. The maximum atomic E-state index is 10.8. The van der Waals surface area contributed by atoms with Crippen LogP contribution in [0.2, 0.25) is 0 Å². The number of carbonyl (C=O) groups excluding carboxylic acids is 1. The van der Waals surface area contributed by atoms with Crippen LogP contribution in [0, 0.1) is 0 Å². The lowest BCUT2D eigenvalue weighted by atomic mass is 10.1. The lowest BCUT2D eigenvalue weighted by Gasteiger charge is -2.21. The third kappa shape index (κ3) is 3.05. The van der Waals surface area contributed by atoms with Gasteiger partial charge in [0.05, 0.1) is 13.2 Å². The van der Waals surface area contributed by atoms with Crippen molar-refractivity contribution >= 4 is 5.97 Å². The second kappa shape index (κ2) is 4.93. The molecule has 1 rings (SSSR count). The van der Waals surface area contributed by atoms with Gasteiger partial charge in [0.2, 0.25) is 0 Å². The van der Waals surface area contributed by atoms with E-state index in [1.54, 1.807) is 6.08 Å². The highest BCUT2D eigenvalue weighted by molar-refractivity contribution is 5.70. The molecule has 1 aliphatic heterocycles. The van der Waals surface area contributed by atoms with E-state index < -0.39 is 0 Å². The minimum absolute atomic E-state index is 0.0359. The monoisotopic (exact) mass is 170 g/mol. The minimum atomic E-state index is -0.103. The number of hydrogen-bond acceptors (Lipinski definition) is 3. The molecule has 0 amide bonds. The molecule has 12 heavy (non-hydrogen) atoms. The van der Waals surface area contributed by atoms with E-state index in [9.17, 15) is 4.79 Å². The molecule has 0 aromatic rings. The van der Waals surface area contributed by atoms with Crippen LogP contribution in [0.15, 0.2) is 12.7 Å². The molecule has 3 heteroatoms. The lowest BCUT2D eigenvalue weighted by molar-refractivity contribution is -0.157. The van der Waals surface area contributed by atoms with Gasteiger partial charge in [0.1, 0.15) is 6.10 Å². The Hall–Kier alpha value is -0.830. The second-order valence-corrected chi connectivity index (χ2v) is 2.83. The molecular weight excluding hydrogens is 156 g/mol. The van der Waals surface area contributed by atoms with Crippen LogP contribution in [0.1, 0.15) is 19.3 Å². The van der Waals surface area contributed by atoms with Crippen LogP contribution >= 0.6 is 0 Å². The van der Waals surface area contributed by atoms with Crippen LogP contribution in [-0.2, 0) is 14.3 Å². The Morgan fingerprint density at radius 3 is 3.25 bits per heavy atom. The molecule has 0 N–H and O–H groups in total. The highest BCUT2D eigenvalue weighted by atomic mass is 16.6. The van der Waals surface area contributed by atoms with Crippen molar-refractivity contribution in [3.8, 4) is 0 Å². The van der Waals surface area contributed by atoms with Crippen molar-refractivity contribution in [3.05, 3.63) is 12.7 Å². The maximum absolute atomic E-state index is 10.8. The molecule has 3 nitrogen and oxygen atoms in total. The summed E-state index contributed by atoms with van der Waals surface area (Å²) in [6.07, 6.45) is 4.04. The van der Waals surface area contributed by atoms with Crippen LogP contribution in [-0.4, -0.2) is 25.3 Å². The van der Waals surface area contributed by atoms with E-state index in [1.807, 2.05) is 0 Å². The maximum Gasteiger partial charge on any atom is 0.306 e. The fourth-order valence-electron chi connectivity index (χ4n) is 1.18. The first kappa shape index (κ1) is 9.26. The number of hydrogen-bond donors (Lipinski definition) is 0. The van der Waals surface area contributed by atoms with E-state index in [0.717, 1.165) is 12.8 Å². The zero-order valence-corrected chi connectivity index (χ0v) is 7.12.